The van der Waals surface area contributed by atoms with Crippen LogP contribution in [0.2, 0.25) is 0 Å². The number of fused-ring (bicyclic) bond motifs is 2. The maximum atomic E-state index is 12.0. The highest BCUT2D eigenvalue weighted by Crippen LogP contribution is 2.32. The molecule has 0 atom stereocenters. The van der Waals surface area contributed by atoms with Crippen LogP contribution in [0.25, 0.3) is 11.1 Å². The molecule has 0 bridgehead atoms. The molecule has 0 saturated carbocycles. The summed E-state index contributed by atoms with van der Waals surface area (Å²) in [5, 5.41) is 3.29. The van der Waals surface area contributed by atoms with Crippen molar-refractivity contribution in [2.75, 3.05) is 6.79 Å². The lowest BCUT2D eigenvalue weighted by Gasteiger charge is -2.12. The molecule has 1 aromatic heterocycles. The number of nitrogens with zero attached hydrogens (tertiary/aromatic N) is 1. The maximum absolute atomic E-state index is 12.0. The Morgan fingerprint density at radius 2 is 1.93 bits per heavy atom. The van der Waals surface area contributed by atoms with Crippen molar-refractivity contribution in [3.05, 3.63) is 58.6 Å². The summed E-state index contributed by atoms with van der Waals surface area (Å²) >= 11 is 5.17. The molecule has 1 aliphatic heterocycles. The van der Waals surface area contributed by atoms with Gasteiger partial charge < -0.3 is 19.2 Å². The molecule has 4 rings (SSSR count). The van der Waals surface area contributed by atoms with Crippen molar-refractivity contribution in [2.45, 2.75) is 25.9 Å². The first-order valence-electron chi connectivity index (χ1n) is 9.40. The molecule has 3 aromatic rings. The lowest BCUT2D eigenvalue weighted by molar-refractivity contribution is -0.121. The van der Waals surface area contributed by atoms with Crippen LogP contribution in [0.5, 0.6) is 11.5 Å². The van der Waals surface area contributed by atoms with Gasteiger partial charge in [-0.25, -0.2) is 4.79 Å². The van der Waals surface area contributed by atoms with E-state index in [2.05, 4.69) is 16.2 Å². The lowest BCUT2D eigenvalue weighted by atomic mass is 10.2. The molecule has 30 heavy (non-hydrogen) atoms. The summed E-state index contributed by atoms with van der Waals surface area (Å²) in [6, 6.07) is 12.8. The average Bonchev–Trinajstić information content (AvgIpc) is 3.34. The molecule has 1 aliphatic rings. The van der Waals surface area contributed by atoms with Gasteiger partial charge in [0.05, 0.1) is 5.52 Å². The van der Waals surface area contributed by atoms with Crippen LogP contribution < -0.4 is 31.4 Å². The van der Waals surface area contributed by atoms with Crippen LogP contribution >= 0.6 is 12.2 Å². The Morgan fingerprint density at radius 3 is 2.83 bits per heavy atom. The van der Waals surface area contributed by atoms with E-state index >= 15 is 0 Å². The number of hydrogen-bond donors (Lipinski definition) is 3. The number of amides is 1. The minimum Gasteiger partial charge on any atom is -0.454 e. The third-order valence-corrected chi connectivity index (χ3v) is 4.81. The third kappa shape index (κ3) is 4.54. The number of aryl methyl sites for hydroxylation is 1. The molecule has 0 spiro atoms. The van der Waals surface area contributed by atoms with Crippen LogP contribution in [0, 0.1) is 0 Å². The first-order valence-corrected chi connectivity index (χ1v) is 9.80. The molecule has 2 aromatic carbocycles. The number of rotatable bonds is 6. The van der Waals surface area contributed by atoms with Gasteiger partial charge in [0.2, 0.25) is 12.7 Å². The molecule has 9 nitrogen and oxygen atoms in total. The van der Waals surface area contributed by atoms with Gasteiger partial charge in [0.25, 0.3) is 0 Å². The van der Waals surface area contributed by atoms with Crippen molar-refractivity contribution in [2.24, 2.45) is 0 Å². The van der Waals surface area contributed by atoms with Crippen molar-refractivity contribution < 1.29 is 18.7 Å². The van der Waals surface area contributed by atoms with Crippen LogP contribution in [0.4, 0.5) is 0 Å². The summed E-state index contributed by atoms with van der Waals surface area (Å²) < 4.78 is 17.3. The zero-order valence-electron chi connectivity index (χ0n) is 16.0. The zero-order valence-corrected chi connectivity index (χ0v) is 16.8. The number of hydrazine groups is 1. The molecular weight excluding hydrogens is 408 g/mol. The Labute approximate surface area is 176 Å². The normalized spacial score (nSPS) is 12.0. The smallest absolute Gasteiger partial charge is 0.419 e. The Balaban J connectivity index is 1.18. The van der Waals surface area contributed by atoms with Crippen LogP contribution in [-0.2, 0) is 17.9 Å². The second-order valence-electron chi connectivity index (χ2n) is 6.63. The molecule has 2 heterocycles. The van der Waals surface area contributed by atoms with Crippen LogP contribution in [-0.4, -0.2) is 22.4 Å². The van der Waals surface area contributed by atoms with E-state index in [1.54, 1.807) is 12.1 Å². The van der Waals surface area contributed by atoms with E-state index in [0.717, 1.165) is 16.8 Å². The second kappa shape index (κ2) is 8.87. The van der Waals surface area contributed by atoms with E-state index in [1.165, 1.54) is 4.57 Å². The van der Waals surface area contributed by atoms with Gasteiger partial charge in [-0.2, -0.15) is 0 Å². The third-order valence-electron chi connectivity index (χ3n) is 4.56. The van der Waals surface area contributed by atoms with Gasteiger partial charge >= 0.3 is 5.76 Å². The first-order chi connectivity index (χ1) is 14.6. The van der Waals surface area contributed by atoms with Crippen LogP contribution in [0.3, 0.4) is 0 Å². The molecule has 0 unspecified atom stereocenters. The quantitative estimate of drug-likeness (QED) is 0.403. The molecular formula is C20H20N4O5S. The van der Waals surface area contributed by atoms with E-state index in [4.69, 9.17) is 26.1 Å². The highest BCUT2D eigenvalue weighted by Gasteiger charge is 2.13. The predicted molar refractivity (Wildman–Crippen MR) is 113 cm³/mol. The monoisotopic (exact) mass is 428 g/mol. The first kappa shape index (κ1) is 19.8. The average molecular weight is 428 g/mol. The van der Waals surface area contributed by atoms with E-state index in [-0.39, 0.29) is 24.2 Å². The van der Waals surface area contributed by atoms with Gasteiger partial charge in [-0.1, -0.05) is 18.2 Å². The van der Waals surface area contributed by atoms with Crippen molar-refractivity contribution in [3.8, 4) is 11.5 Å². The second-order valence-corrected chi connectivity index (χ2v) is 7.04. The molecule has 0 fully saturated rings. The largest absolute Gasteiger partial charge is 0.454 e. The summed E-state index contributed by atoms with van der Waals surface area (Å²) in [6.45, 7) is 1.08. The summed E-state index contributed by atoms with van der Waals surface area (Å²) in [7, 11) is 0. The minimum absolute atomic E-state index is 0.226. The summed E-state index contributed by atoms with van der Waals surface area (Å²) in [5.41, 5.74) is 7.43. The number of para-hydroxylation sites is 2. The molecule has 10 heteroatoms. The number of aromatic nitrogens is 1. The SMILES string of the molecule is O=C(CCCn1c(=O)oc2ccccc21)NNC(=S)NCc1ccc2c(c1)OCO2. The predicted octanol–water partition coefficient (Wildman–Crippen LogP) is 1.80. The fourth-order valence-corrected chi connectivity index (χ4v) is 3.21. The maximum Gasteiger partial charge on any atom is 0.419 e. The topological polar surface area (TPSA) is 107 Å². The highest BCUT2D eigenvalue weighted by molar-refractivity contribution is 7.80. The van der Waals surface area contributed by atoms with Crippen molar-refractivity contribution in [3.63, 3.8) is 0 Å². The Kier molecular flexibility index (Phi) is 5.84. The van der Waals surface area contributed by atoms with Gasteiger partial charge in [0, 0.05) is 19.5 Å². The summed E-state index contributed by atoms with van der Waals surface area (Å²) in [5.74, 6) is 0.759. The standard InChI is InChI=1S/C20H20N4O5S/c25-18(6-3-9-24-14-4-1-2-5-15(14)29-20(24)26)22-23-19(30)21-11-13-7-8-16-17(10-13)28-12-27-16/h1-2,4-5,7-8,10H,3,6,9,11-12H2,(H,22,25)(H2,21,23,30). The van der Waals surface area contributed by atoms with Crippen molar-refractivity contribution >= 4 is 34.3 Å². The van der Waals surface area contributed by atoms with Crippen molar-refractivity contribution in [1.82, 2.24) is 20.7 Å². The van der Waals surface area contributed by atoms with Gasteiger partial charge in [-0.05, 0) is 48.5 Å². The minimum atomic E-state index is -0.427. The van der Waals surface area contributed by atoms with Crippen LogP contribution in [0.15, 0.2) is 51.7 Å². The number of carbonyl (C=O) groups is 1. The number of oxazole rings is 1. The summed E-state index contributed by atoms with van der Waals surface area (Å²) in [6.07, 6.45) is 0.706. The molecule has 0 aliphatic carbocycles. The molecule has 0 saturated heterocycles. The van der Waals surface area contributed by atoms with Gasteiger partial charge in [-0.3, -0.25) is 20.2 Å². The number of ether oxygens (including phenoxy) is 2. The zero-order chi connectivity index (χ0) is 20.9. The summed E-state index contributed by atoms with van der Waals surface area (Å²) in [4.78, 5) is 23.9. The number of nitrogens with one attached hydrogen (secondary N) is 3. The van der Waals surface area contributed by atoms with Crippen LogP contribution in [0.1, 0.15) is 18.4 Å². The number of hydrogen-bond acceptors (Lipinski definition) is 6. The van der Waals surface area contributed by atoms with Gasteiger partial charge in [0.1, 0.15) is 0 Å². The molecule has 0 radical (unpaired) electrons. The number of carbonyl (C=O) groups excluding carboxylic acids is 1. The Hall–Kier alpha value is -3.53. The Morgan fingerprint density at radius 1 is 1.10 bits per heavy atom. The van der Waals surface area contributed by atoms with E-state index < -0.39 is 5.76 Å². The van der Waals surface area contributed by atoms with Gasteiger partial charge in [0.15, 0.2) is 22.2 Å². The number of benzene rings is 2. The molecule has 3 N–H and O–H groups in total. The fraction of sp³-hybridized carbons (Fsp3) is 0.250. The molecule has 156 valence electrons. The van der Waals surface area contributed by atoms with Crippen molar-refractivity contribution in [1.29, 1.82) is 0 Å². The highest BCUT2D eigenvalue weighted by atomic mass is 32.1. The molecule has 1 amide bonds. The van der Waals surface area contributed by atoms with E-state index in [1.807, 2.05) is 30.3 Å². The fourth-order valence-electron chi connectivity index (χ4n) is 3.09. The van der Waals surface area contributed by atoms with E-state index in [9.17, 15) is 9.59 Å². The number of thiocarbonyl (C=S) groups is 1. The lowest BCUT2D eigenvalue weighted by Crippen LogP contribution is -2.46. The van der Waals surface area contributed by atoms with E-state index in [0.29, 0.717) is 30.8 Å². The van der Waals surface area contributed by atoms with Gasteiger partial charge in [-0.15, -0.1) is 0 Å². The Bertz CT molecular complexity index is 1140.